The minimum absolute atomic E-state index is 0.189. The molecule has 0 unspecified atom stereocenters. The van der Waals surface area contributed by atoms with Crippen LogP contribution in [0, 0.1) is 0 Å². The molecule has 0 aliphatic heterocycles. The van der Waals surface area contributed by atoms with E-state index in [2.05, 4.69) is 10.2 Å². The number of rotatable bonds is 4. The van der Waals surface area contributed by atoms with Gasteiger partial charge >= 0.3 is 5.97 Å². The van der Waals surface area contributed by atoms with Crippen LogP contribution in [0.1, 0.15) is 21.7 Å². The molecule has 0 saturated carbocycles. The number of nitrogens with zero attached hydrogens (tertiary/aromatic N) is 2. The molecule has 2 aromatic rings. The third kappa shape index (κ3) is 2.91. The van der Waals surface area contributed by atoms with Gasteiger partial charge < -0.3 is 9.52 Å². The minimum Gasteiger partial charge on any atom is -0.478 e. The molecule has 0 amide bonds. The Kier molecular flexibility index (Phi) is 3.66. The second-order valence-electron chi connectivity index (χ2n) is 3.40. The van der Waals surface area contributed by atoms with Gasteiger partial charge in [-0.15, -0.1) is 0 Å². The van der Waals surface area contributed by atoms with Crippen molar-refractivity contribution in [2.24, 2.45) is 10.2 Å². The van der Waals surface area contributed by atoms with Gasteiger partial charge in [-0.1, -0.05) is 18.2 Å². The molecule has 0 aliphatic rings. The number of aromatic carboxylic acids is 1. The molecule has 0 aliphatic carbocycles. The fourth-order valence-corrected chi connectivity index (χ4v) is 1.35. The maximum atomic E-state index is 10.9. The van der Waals surface area contributed by atoms with Crippen molar-refractivity contribution < 1.29 is 14.3 Å². The van der Waals surface area contributed by atoms with Crippen LogP contribution in [0.15, 0.2) is 57.3 Å². The molecule has 5 nitrogen and oxygen atoms in total. The van der Waals surface area contributed by atoms with E-state index in [0.717, 1.165) is 0 Å². The molecule has 2 rings (SSSR count). The molecule has 0 radical (unpaired) electrons. The number of benzene rings is 1. The average Bonchev–Trinajstić information content (AvgIpc) is 2.88. The zero-order chi connectivity index (χ0) is 12.8. The zero-order valence-electron chi connectivity index (χ0n) is 9.35. The van der Waals surface area contributed by atoms with Gasteiger partial charge in [0.2, 0.25) is 0 Å². The number of hydrogen-bond donors (Lipinski definition) is 1. The van der Waals surface area contributed by atoms with Crippen LogP contribution in [-0.2, 0) is 0 Å². The van der Waals surface area contributed by atoms with Gasteiger partial charge in [-0.25, -0.2) is 4.79 Å². The Morgan fingerprint density at radius 2 is 1.89 bits per heavy atom. The lowest BCUT2D eigenvalue weighted by Crippen LogP contribution is -2.00. The molecular formula is C13H10N2O3. The Hall–Kier alpha value is -2.69. The van der Waals surface area contributed by atoms with Crippen molar-refractivity contribution in [1.29, 1.82) is 0 Å². The van der Waals surface area contributed by atoms with E-state index in [-0.39, 0.29) is 5.56 Å². The number of carboxylic acid groups (broad SMARTS) is 1. The fraction of sp³-hybridized carbons (Fsp3) is 0. The van der Waals surface area contributed by atoms with Crippen LogP contribution < -0.4 is 0 Å². The van der Waals surface area contributed by atoms with Crippen molar-refractivity contribution in [3.05, 3.63) is 59.5 Å². The van der Waals surface area contributed by atoms with Crippen molar-refractivity contribution in [3.63, 3.8) is 0 Å². The largest absolute Gasteiger partial charge is 0.478 e. The maximum absolute atomic E-state index is 10.9. The molecule has 1 N–H and O–H groups in total. The van der Waals surface area contributed by atoms with Crippen molar-refractivity contribution in [2.45, 2.75) is 0 Å². The summed E-state index contributed by atoms with van der Waals surface area (Å²) < 4.78 is 5.03. The van der Waals surface area contributed by atoms with E-state index in [4.69, 9.17) is 9.52 Å². The molecule has 1 heterocycles. The molecule has 5 heteroatoms. The Morgan fingerprint density at radius 3 is 2.61 bits per heavy atom. The number of carbonyl (C=O) groups is 1. The van der Waals surface area contributed by atoms with E-state index < -0.39 is 5.97 Å². The van der Waals surface area contributed by atoms with Crippen molar-refractivity contribution in [3.8, 4) is 0 Å². The van der Waals surface area contributed by atoms with Crippen LogP contribution in [0.5, 0.6) is 0 Å². The van der Waals surface area contributed by atoms with Gasteiger partial charge in [0.25, 0.3) is 0 Å². The number of hydrogen-bond acceptors (Lipinski definition) is 4. The first kappa shape index (κ1) is 11.8. The monoisotopic (exact) mass is 242 g/mol. The first-order valence-electron chi connectivity index (χ1n) is 5.19. The lowest BCUT2D eigenvalue weighted by atomic mass is 10.1. The predicted molar refractivity (Wildman–Crippen MR) is 67.3 cm³/mol. The summed E-state index contributed by atoms with van der Waals surface area (Å²) in [4.78, 5) is 10.9. The van der Waals surface area contributed by atoms with Gasteiger partial charge in [0, 0.05) is 5.56 Å². The maximum Gasteiger partial charge on any atom is 0.336 e. The van der Waals surface area contributed by atoms with Gasteiger partial charge in [-0.05, 0) is 18.2 Å². The molecule has 1 aromatic heterocycles. The zero-order valence-corrected chi connectivity index (χ0v) is 9.35. The summed E-state index contributed by atoms with van der Waals surface area (Å²) in [5.74, 6) is -0.411. The summed E-state index contributed by atoms with van der Waals surface area (Å²) in [7, 11) is 0. The van der Waals surface area contributed by atoms with Crippen LogP contribution in [0.2, 0.25) is 0 Å². The lowest BCUT2D eigenvalue weighted by Gasteiger charge is -1.97. The average molecular weight is 242 g/mol. The van der Waals surface area contributed by atoms with E-state index in [1.54, 1.807) is 30.3 Å². The van der Waals surface area contributed by atoms with E-state index in [1.165, 1.54) is 24.8 Å². The minimum atomic E-state index is -0.993. The van der Waals surface area contributed by atoms with Crippen LogP contribution in [-0.4, -0.2) is 23.5 Å². The third-order valence-electron chi connectivity index (χ3n) is 2.18. The van der Waals surface area contributed by atoms with E-state index in [9.17, 15) is 4.79 Å². The molecule has 90 valence electrons. The van der Waals surface area contributed by atoms with Gasteiger partial charge in [-0.2, -0.15) is 10.2 Å². The molecule has 0 saturated heterocycles. The van der Waals surface area contributed by atoms with E-state index >= 15 is 0 Å². The highest BCUT2D eigenvalue weighted by atomic mass is 16.4. The first-order chi connectivity index (χ1) is 8.77. The highest BCUT2D eigenvalue weighted by Gasteiger charge is 2.06. The molecule has 1 aromatic carbocycles. The first-order valence-corrected chi connectivity index (χ1v) is 5.19. The van der Waals surface area contributed by atoms with Crippen molar-refractivity contribution in [2.75, 3.05) is 0 Å². The van der Waals surface area contributed by atoms with Gasteiger partial charge in [0.1, 0.15) is 5.76 Å². The quantitative estimate of drug-likeness (QED) is 0.660. The molecule has 0 atom stereocenters. The summed E-state index contributed by atoms with van der Waals surface area (Å²) in [6.07, 6.45) is 4.37. The standard InChI is InChI=1S/C13H10N2O3/c16-13(17)12-6-2-1-4-10(12)8-14-15-9-11-5-3-7-18-11/h1-9H,(H,16,17)/b14-8?,15-9+. The molecule has 0 fully saturated rings. The summed E-state index contributed by atoms with van der Waals surface area (Å²) in [6, 6.07) is 10.1. The van der Waals surface area contributed by atoms with E-state index in [0.29, 0.717) is 11.3 Å². The molecule has 0 bridgehead atoms. The SMILES string of the molecule is O=C(O)c1ccccc1C=N/N=C/c1ccco1. The van der Waals surface area contributed by atoms with Crippen LogP contribution in [0.3, 0.4) is 0 Å². The van der Waals surface area contributed by atoms with Crippen molar-refractivity contribution >= 4 is 18.4 Å². The van der Waals surface area contributed by atoms with Gasteiger partial charge in [0.15, 0.2) is 0 Å². The predicted octanol–water partition coefficient (Wildman–Crippen LogP) is 2.43. The summed E-state index contributed by atoms with van der Waals surface area (Å²) in [5.41, 5.74) is 0.691. The second-order valence-corrected chi connectivity index (χ2v) is 3.40. The van der Waals surface area contributed by atoms with Crippen LogP contribution in [0.25, 0.3) is 0 Å². The van der Waals surface area contributed by atoms with Crippen molar-refractivity contribution in [1.82, 2.24) is 0 Å². The van der Waals surface area contributed by atoms with Crippen LogP contribution >= 0.6 is 0 Å². The van der Waals surface area contributed by atoms with Gasteiger partial charge in [0.05, 0.1) is 24.3 Å². The smallest absolute Gasteiger partial charge is 0.336 e. The Balaban J connectivity index is 2.12. The number of carboxylic acids is 1. The highest BCUT2D eigenvalue weighted by Crippen LogP contribution is 2.06. The third-order valence-corrected chi connectivity index (χ3v) is 2.18. The number of furan rings is 1. The Morgan fingerprint density at radius 1 is 1.11 bits per heavy atom. The molecule has 0 spiro atoms. The van der Waals surface area contributed by atoms with Gasteiger partial charge in [-0.3, -0.25) is 0 Å². The summed E-state index contributed by atoms with van der Waals surface area (Å²) in [5, 5.41) is 16.5. The van der Waals surface area contributed by atoms with E-state index in [1.807, 2.05) is 0 Å². The fourth-order valence-electron chi connectivity index (χ4n) is 1.35. The molecule has 18 heavy (non-hydrogen) atoms. The summed E-state index contributed by atoms with van der Waals surface area (Å²) in [6.45, 7) is 0. The summed E-state index contributed by atoms with van der Waals surface area (Å²) >= 11 is 0. The highest BCUT2D eigenvalue weighted by molar-refractivity contribution is 5.98. The Labute approximate surface area is 103 Å². The topological polar surface area (TPSA) is 75.2 Å². The normalized spacial score (nSPS) is 11.3. The lowest BCUT2D eigenvalue weighted by molar-refractivity contribution is 0.0697. The van der Waals surface area contributed by atoms with Crippen LogP contribution in [0.4, 0.5) is 0 Å². The Bertz CT molecular complexity index is 586. The second kappa shape index (κ2) is 5.58. The molecular weight excluding hydrogens is 232 g/mol.